The van der Waals surface area contributed by atoms with Crippen LogP contribution in [0.5, 0.6) is 0 Å². The molecule has 0 aromatic carbocycles. The number of hydrogen-bond acceptors (Lipinski definition) is 4. The fourth-order valence-corrected chi connectivity index (χ4v) is 2.56. The summed E-state index contributed by atoms with van der Waals surface area (Å²) in [5.41, 5.74) is 0. The third-order valence-corrected chi connectivity index (χ3v) is 3.02. The molecule has 0 fully saturated rings. The van der Waals surface area contributed by atoms with Crippen LogP contribution >= 0.6 is 0 Å². The second kappa shape index (κ2) is 15.2. The maximum atomic E-state index is 12.5. The molecule has 1 unspecified atom stereocenters. The molecule has 1 atom stereocenters. The number of hydrogen-bond donors (Lipinski definition) is 0. The third kappa shape index (κ3) is 22.9. The zero-order chi connectivity index (χ0) is 13.9. The van der Waals surface area contributed by atoms with Gasteiger partial charge in [0, 0.05) is 32.7 Å². The second-order valence-corrected chi connectivity index (χ2v) is 5.90. The molecule has 0 saturated heterocycles. The van der Waals surface area contributed by atoms with Crippen LogP contribution in [0.1, 0.15) is 36.1 Å². The van der Waals surface area contributed by atoms with E-state index in [4.69, 9.17) is 0 Å². The number of rotatable bonds is 7. The molecule has 1 radical (unpaired) electrons. The second-order valence-electron chi connectivity index (χ2n) is 3.17. The van der Waals surface area contributed by atoms with Crippen molar-refractivity contribution in [3.63, 3.8) is 0 Å². The van der Waals surface area contributed by atoms with Crippen LogP contribution in [0.4, 0.5) is 20.9 Å². The van der Waals surface area contributed by atoms with Crippen LogP contribution in [0.3, 0.4) is 0 Å². The summed E-state index contributed by atoms with van der Waals surface area (Å²) in [6.07, 6.45) is -7.73. The van der Waals surface area contributed by atoms with E-state index in [2.05, 4.69) is 0 Å². The van der Waals surface area contributed by atoms with Crippen molar-refractivity contribution in [3.05, 3.63) is 5.92 Å². The molecule has 0 saturated carbocycles. The molecular formula is C10H24F5O4S2Y-. The van der Waals surface area contributed by atoms with Gasteiger partial charge in [0.05, 0.1) is 0 Å². The Morgan fingerprint density at radius 3 is 1.23 bits per heavy atom. The molecule has 0 aromatic rings. The van der Waals surface area contributed by atoms with Gasteiger partial charge in [0.25, 0.3) is 26.9 Å². The van der Waals surface area contributed by atoms with Gasteiger partial charge in [-0.25, -0.2) is 13.2 Å². The van der Waals surface area contributed by atoms with E-state index >= 15 is 0 Å². The fourth-order valence-electron chi connectivity index (χ4n) is 1.01. The third-order valence-electron chi connectivity index (χ3n) is 1.51. The number of halogens is 5. The van der Waals surface area contributed by atoms with E-state index in [1.54, 1.807) is 0 Å². The molecule has 4 nitrogen and oxygen atoms in total. The smallest absolute Gasteiger partial charge is 0.275 e. The minimum Gasteiger partial charge on any atom is -0.276 e. The summed E-state index contributed by atoms with van der Waals surface area (Å²) in [5.74, 6) is -4.23. The van der Waals surface area contributed by atoms with Gasteiger partial charge in [-0.15, -0.1) is 14.2 Å². The van der Waals surface area contributed by atoms with Crippen LogP contribution in [0.15, 0.2) is 0 Å². The summed E-state index contributed by atoms with van der Waals surface area (Å²) in [6.45, 7) is 0. The van der Waals surface area contributed by atoms with Gasteiger partial charge in [0.1, 0.15) is 6.17 Å². The van der Waals surface area contributed by atoms with Gasteiger partial charge in [0.15, 0.2) is 0 Å². The van der Waals surface area contributed by atoms with Crippen LogP contribution in [-0.2, 0) is 53.2 Å². The van der Waals surface area contributed by atoms with Gasteiger partial charge in [-0.2, -0.15) is 16.8 Å². The minimum absolute atomic E-state index is 0. The monoisotopic (exact) mass is 456 g/mol. The van der Waals surface area contributed by atoms with Crippen LogP contribution < -0.4 is 0 Å². The van der Waals surface area contributed by atoms with Crippen LogP contribution in [-0.4, -0.2) is 40.9 Å². The van der Waals surface area contributed by atoms with Crippen molar-refractivity contribution in [2.24, 2.45) is 0 Å². The van der Waals surface area contributed by atoms with Crippen molar-refractivity contribution in [1.29, 1.82) is 0 Å². The fraction of sp³-hybridized carbons (Fsp3) is 0.900. The first-order chi connectivity index (χ1) is 7.41. The van der Waals surface area contributed by atoms with Crippen molar-refractivity contribution in [2.75, 3.05) is 11.5 Å². The predicted octanol–water partition coefficient (Wildman–Crippen LogP) is 3.69. The Hall–Kier alpha value is 0.654. The average Bonchev–Trinajstić information content (AvgIpc) is 1.96. The van der Waals surface area contributed by atoms with E-state index in [9.17, 15) is 37.8 Å². The van der Waals surface area contributed by atoms with Crippen LogP contribution in [0.2, 0.25) is 0 Å². The molecule has 0 bridgehead atoms. The first-order valence-electron chi connectivity index (χ1n) is 4.01. The molecule has 0 heterocycles. The summed E-state index contributed by atoms with van der Waals surface area (Å²) < 4.78 is 101. The Morgan fingerprint density at radius 1 is 0.773 bits per heavy atom. The van der Waals surface area contributed by atoms with Gasteiger partial charge >= 0.3 is 0 Å². The Morgan fingerprint density at radius 2 is 1.05 bits per heavy atom. The minimum atomic E-state index is -5.25. The summed E-state index contributed by atoms with van der Waals surface area (Å²) in [6, 6.07) is 0. The summed E-state index contributed by atoms with van der Waals surface area (Å²) in [4.78, 5) is 0. The Kier molecular flexibility index (Phi) is 26.5. The topological polar surface area (TPSA) is 68.3 Å². The molecule has 22 heavy (non-hydrogen) atoms. The normalized spacial score (nSPS) is 12.0. The first-order valence-corrected chi connectivity index (χ1v) is 7.11. The van der Waals surface area contributed by atoms with E-state index in [1.165, 1.54) is 0 Å². The van der Waals surface area contributed by atoms with E-state index in [0.717, 1.165) is 0 Å². The first kappa shape index (κ1) is 38.3. The van der Waals surface area contributed by atoms with Gasteiger partial charge < -0.3 is 0 Å². The van der Waals surface area contributed by atoms with Crippen LogP contribution in [0, 0.1) is 5.92 Å². The van der Waals surface area contributed by atoms with Crippen molar-refractivity contribution in [1.82, 2.24) is 0 Å². The predicted molar refractivity (Wildman–Crippen MR) is 75.5 cm³/mol. The maximum Gasteiger partial charge on any atom is 0.275 e. The van der Waals surface area contributed by atoms with Crippen molar-refractivity contribution in [2.45, 2.75) is 48.7 Å². The number of alkyl halides is 3. The van der Waals surface area contributed by atoms with Crippen molar-refractivity contribution in [3.8, 4) is 0 Å². The van der Waals surface area contributed by atoms with Crippen LogP contribution in [0.25, 0.3) is 0 Å². The zero-order valence-corrected chi connectivity index (χ0v) is 13.2. The SMILES string of the molecule is C.C.C.C.O=S(=O)(F)C[C-](CC(F)C(F)F)CS(=O)(=O)F.[Y]. The summed E-state index contributed by atoms with van der Waals surface area (Å²) in [7, 11) is -10.5. The quantitative estimate of drug-likeness (QED) is 0.333. The van der Waals surface area contributed by atoms with E-state index in [1.807, 2.05) is 0 Å². The molecule has 0 amide bonds. The molecule has 0 aromatic heterocycles. The molecule has 0 N–H and O–H groups in total. The maximum absolute atomic E-state index is 12.5. The van der Waals surface area contributed by atoms with Gasteiger partial charge in [0.2, 0.25) is 0 Å². The van der Waals surface area contributed by atoms with E-state index < -0.39 is 56.9 Å². The van der Waals surface area contributed by atoms with Gasteiger partial charge in [-0.1, -0.05) is 29.7 Å². The van der Waals surface area contributed by atoms with Gasteiger partial charge in [-0.3, -0.25) is 5.92 Å². The standard InChI is InChI=1S/C6H8F5O4S2.4CH4.Y/c7-5(6(8)9)1-4(2-16(10,12)13)3-17(11,14)15;;;;;/h5-6H,1-3H2;4*1H4;/q-1;;;;;. The molecule has 12 heteroatoms. The van der Waals surface area contributed by atoms with Gasteiger partial charge in [-0.05, 0) is 11.5 Å². The zero-order valence-electron chi connectivity index (χ0n) is 8.69. The van der Waals surface area contributed by atoms with Crippen molar-refractivity contribution >= 4 is 20.4 Å². The molecule has 139 valence electrons. The molecule has 0 aliphatic carbocycles. The molecular weight excluding hydrogens is 432 g/mol. The largest absolute Gasteiger partial charge is 0.276 e. The Bertz CT molecular complexity index is 408. The molecule has 0 aliphatic heterocycles. The Balaban J connectivity index is -0.000000128. The van der Waals surface area contributed by atoms with E-state index in [-0.39, 0.29) is 62.4 Å². The average molecular weight is 456 g/mol. The van der Waals surface area contributed by atoms with E-state index in [0.29, 0.717) is 0 Å². The molecule has 0 spiro atoms. The molecule has 0 aliphatic rings. The summed E-state index contributed by atoms with van der Waals surface area (Å²) in [5, 5.41) is 0. The Labute approximate surface area is 156 Å². The summed E-state index contributed by atoms with van der Waals surface area (Å²) >= 11 is 0. The molecule has 0 rings (SSSR count). The van der Waals surface area contributed by atoms with Crippen molar-refractivity contribution < 1.29 is 70.5 Å².